The highest BCUT2D eigenvalue weighted by molar-refractivity contribution is 9.10. The van der Waals surface area contributed by atoms with Crippen molar-refractivity contribution in [2.24, 2.45) is 0 Å². The minimum absolute atomic E-state index is 0.0933. The SMILES string of the molecule is O=[N+]([O-])c1ccc(NCCCN2CCOCC2)c(Br)c1. The smallest absolute Gasteiger partial charge is 0.270 e. The van der Waals surface area contributed by atoms with E-state index in [4.69, 9.17) is 4.74 Å². The van der Waals surface area contributed by atoms with Crippen molar-refractivity contribution in [3.63, 3.8) is 0 Å². The second-order valence-corrected chi connectivity index (χ2v) is 5.51. The van der Waals surface area contributed by atoms with Gasteiger partial charge in [-0.15, -0.1) is 0 Å². The van der Waals surface area contributed by atoms with Crippen molar-refractivity contribution < 1.29 is 9.66 Å². The lowest BCUT2D eigenvalue weighted by Crippen LogP contribution is -2.37. The summed E-state index contributed by atoms with van der Waals surface area (Å²) in [6, 6.07) is 4.76. The summed E-state index contributed by atoms with van der Waals surface area (Å²) in [5.41, 5.74) is 0.980. The van der Waals surface area contributed by atoms with Gasteiger partial charge in [0.1, 0.15) is 0 Å². The molecular weight excluding hydrogens is 326 g/mol. The summed E-state index contributed by atoms with van der Waals surface area (Å²) in [5, 5.41) is 13.9. The molecule has 1 saturated heterocycles. The molecule has 2 rings (SSSR count). The molecular formula is C13H18BrN3O3. The van der Waals surface area contributed by atoms with Crippen molar-refractivity contribution in [2.75, 3.05) is 44.7 Å². The maximum atomic E-state index is 10.6. The fourth-order valence-electron chi connectivity index (χ4n) is 2.11. The standard InChI is InChI=1S/C13H18BrN3O3/c14-12-10-11(17(18)19)2-3-13(12)15-4-1-5-16-6-8-20-9-7-16/h2-3,10,15H,1,4-9H2. The normalized spacial score (nSPS) is 16.1. The largest absolute Gasteiger partial charge is 0.384 e. The number of rotatable bonds is 6. The average Bonchev–Trinajstić information content (AvgIpc) is 2.46. The highest BCUT2D eigenvalue weighted by atomic mass is 79.9. The van der Waals surface area contributed by atoms with Gasteiger partial charge in [-0.05, 0) is 35.0 Å². The zero-order valence-corrected chi connectivity index (χ0v) is 12.8. The van der Waals surface area contributed by atoms with Crippen molar-refractivity contribution >= 4 is 27.3 Å². The van der Waals surface area contributed by atoms with Crippen LogP contribution in [0.1, 0.15) is 6.42 Å². The maximum Gasteiger partial charge on any atom is 0.270 e. The predicted octanol–water partition coefficient (Wildman–Crippen LogP) is 2.49. The van der Waals surface area contributed by atoms with Crippen LogP contribution in [0.3, 0.4) is 0 Å². The van der Waals surface area contributed by atoms with E-state index in [-0.39, 0.29) is 5.69 Å². The Morgan fingerprint density at radius 2 is 2.15 bits per heavy atom. The molecule has 0 spiro atoms. The van der Waals surface area contributed by atoms with Gasteiger partial charge in [-0.1, -0.05) is 0 Å². The lowest BCUT2D eigenvalue weighted by molar-refractivity contribution is -0.384. The molecule has 1 aromatic carbocycles. The van der Waals surface area contributed by atoms with Crippen molar-refractivity contribution in [1.29, 1.82) is 0 Å². The van der Waals surface area contributed by atoms with Crippen LogP contribution in [0.5, 0.6) is 0 Å². The van der Waals surface area contributed by atoms with Crippen molar-refractivity contribution in [2.45, 2.75) is 6.42 Å². The molecule has 6 nitrogen and oxygen atoms in total. The number of nitro groups is 1. The van der Waals surface area contributed by atoms with E-state index in [1.807, 2.05) is 0 Å². The van der Waals surface area contributed by atoms with Gasteiger partial charge in [0.2, 0.25) is 0 Å². The quantitative estimate of drug-likeness (QED) is 0.488. The molecule has 0 amide bonds. The molecule has 0 unspecified atom stereocenters. The van der Waals surface area contributed by atoms with Crippen LogP contribution < -0.4 is 5.32 Å². The summed E-state index contributed by atoms with van der Waals surface area (Å²) in [6.07, 6.45) is 1.03. The van der Waals surface area contributed by atoms with Gasteiger partial charge < -0.3 is 10.1 Å². The number of nitrogens with one attached hydrogen (secondary N) is 1. The van der Waals surface area contributed by atoms with Gasteiger partial charge >= 0.3 is 0 Å². The van der Waals surface area contributed by atoms with Crippen LogP contribution in [0.4, 0.5) is 11.4 Å². The average molecular weight is 344 g/mol. The summed E-state index contributed by atoms with van der Waals surface area (Å²) >= 11 is 3.35. The van der Waals surface area contributed by atoms with Crippen LogP contribution in [-0.4, -0.2) is 49.2 Å². The number of nitro benzene ring substituents is 1. The number of non-ortho nitro benzene ring substituents is 1. The molecule has 1 N–H and O–H groups in total. The molecule has 0 radical (unpaired) electrons. The number of benzene rings is 1. The zero-order chi connectivity index (χ0) is 14.4. The molecule has 0 atom stereocenters. The van der Waals surface area contributed by atoms with Gasteiger partial charge in [0, 0.05) is 41.9 Å². The van der Waals surface area contributed by atoms with Crippen LogP contribution >= 0.6 is 15.9 Å². The third-order valence-electron chi connectivity index (χ3n) is 3.23. The Labute approximate surface area is 126 Å². The third kappa shape index (κ3) is 4.43. The molecule has 1 fully saturated rings. The lowest BCUT2D eigenvalue weighted by atomic mass is 10.2. The van der Waals surface area contributed by atoms with Gasteiger partial charge in [0.15, 0.2) is 0 Å². The van der Waals surface area contributed by atoms with Crippen LogP contribution in [0.25, 0.3) is 0 Å². The minimum atomic E-state index is -0.396. The third-order valence-corrected chi connectivity index (χ3v) is 3.89. The fourth-order valence-corrected chi connectivity index (χ4v) is 2.62. The molecule has 7 heteroatoms. The first-order chi connectivity index (χ1) is 9.66. The van der Waals surface area contributed by atoms with E-state index < -0.39 is 4.92 Å². The number of halogens is 1. The summed E-state index contributed by atoms with van der Waals surface area (Å²) in [6.45, 7) is 5.53. The topological polar surface area (TPSA) is 67.6 Å². The Kier molecular flexibility index (Phi) is 5.75. The van der Waals surface area contributed by atoms with E-state index in [1.54, 1.807) is 6.07 Å². The van der Waals surface area contributed by atoms with Crippen LogP contribution in [0, 0.1) is 10.1 Å². The van der Waals surface area contributed by atoms with Crippen molar-refractivity contribution in [1.82, 2.24) is 4.90 Å². The highest BCUT2D eigenvalue weighted by Crippen LogP contribution is 2.26. The number of hydrogen-bond donors (Lipinski definition) is 1. The van der Waals surface area contributed by atoms with Crippen molar-refractivity contribution in [3.05, 3.63) is 32.8 Å². The van der Waals surface area contributed by atoms with Crippen molar-refractivity contribution in [3.8, 4) is 0 Å². The molecule has 0 aromatic heterocycles. The van der Waals surface area contributed by atoms with E-state index in [9.17, 15) is 10.1 Å². The van der Waals surface area contributed by atoms with Gasteiger partial charge in [0.25, 0.3) is 5.69 Å². The molecule has 1 aliphatic heterocycles. The fraction of sp³-hybridized carbons (Fsp3) is 0.538. The Balaban J connectivity index is 1.74. The number of hydrogen-bond acceptors (Lipinski definition) is 5. The first kappa shape index (κ1) is 15.2. The van der Waals surface area contributed by atoms with Gasteiger partial charge in [-0.25, -0.2) is 0 Å². The van der Waals surface area contributed by atoms with Gasteiger partial charge in [-0.3, -0.25) is 15.0 Å². The van der Waals surface area contributed by atoms with Crippen LogP contribution in [-0.2, 0) is 4.74 Å². The molecule has 20 heavy (non-hydrogen) atoms. The predicted molar refractivity (Wildman–Crippen MR) is 81.2 cm³/mol. The molecule has 0 saturated carbocycles. The first-order valence-corrected chi connectivity index (χ1v) is 7.44. The Morgan fingerprint density at radius 3 is 2.80 bits per heavy atom. The van der Waals surface area contributed by atoms with E-state index in [1.165, 1.54) is 12.1 Å². The number of nitrogens with zero attached hydrogens (tertiary/aromatic N) is 2. The number of ether oxygens (including phenoxy) is 1. The number of morpholine rings is 1. The monoisotopic (exact) mass is 343 g/mol. The van der Waals surface area contributed by atoms with E-state index in [2.05, 4.69) is 26.1 Å². The first-order valence-electron chi connectivity index (χ1n) is 6.65. The van der Waals surface area contributed by atoms with E-state index in [0.29, 0.717) is 0 Å². The lowest BCUT2D eigenvalue weighted by Gasteiger charge is -2.26. The Morgan fingerprint density at radius 1 is 1.40 bits per heavy atom. The summed E-state index contributed by atoms with van der Waals surface area (Å²) in [7, 11) is 0. The Bertz CT molecular complexity index is 464. The number of anilines is 1. The second kappa shape index (κ2) is 7.56. The summed E-state index contributed by atoms with van der Waals surface area (Å²) in [4.78, 5) is 12.6. The van der Waals surface area contributed by atoms with E-state index >= 15 is 0 Å². The summed E-state index contributed by atoms with van der Waals surface area (Å²) < 4.78 is 6.02. The summed E-state index contributed by atoms with van der Waals surface area (Å²) in [5.74, 6) is 0. The Hall–Kier alpha value is -1.18. The van der Waals surface area contributed by atoms with Crippen LogP contribution in [0.2, 0.25) is 0 Å². The highest BCUT2D eigenvalue weighted by Gasteiger charge is 2.10. The van der Waals surface area contributed by atoms with Gasteiger partial charge in [-0.2, -0.15) is 0 Å². The van der Waals surface area contributed by atoms with Gasteiger partial charge in [0.05, 0.1) is 18.1 Å². The van der Waals surface area contributed by atoms with E-state index in [0.717, 1.165) is 56.0 Å². The zero-order valence-electron chi connectivity index (χ0n) is 11.2. The maximum absolute atomic E-state index is 10.6. The molecule has 0 aliphatic carbocycles. The second-order valence-electron chi connectivity index (χ2n) is 4.66. The minimum Gasteiger partial charge on any atom is -0.384 e. The molecule has 110 valence electrons. The molecule has 0 bridgehead atoms. The molecule has 1 aliphatic rings. The molecule has 1 aromatic rings. The van der Waals surface area contributed by atoms with Crippen LogP contribution in [0.15, 0.2) is 22.7 Å². The molecule has 1 heterocycles.